The van der Waals surface area contributed by atoms with Crippen molar-refractivity contribution < 1.29 is 4.79 Å². The van der Waals surface area contributed by atoms with Gasteiger partial charge in [-0.3, -0.25) is 9.59 Å². The summed E-state index contributed by atoms with van der Waals surface area (Å²) in [5.41, 5.74) is -0.0803. The summed E-state index contributed by atoms with van der Waals surface area (Å²) in [5, 5.41) is 3.21. The Labute approximate surface area is 134 Å². The molecule has 0 aliphatic heterocycles. The molecule has 2 aromatic rings. The zero-order chi connectivity index (χ0) is 15.8. The van der Waals surface area contributed by atoms with Crippen LogP contribution in [0, 0.1) is 0 Å². The molecule has 0 bridgehead atoms. The predicted octanol–water partition coefficient (Wildman–Crippen LogP) is 2.54. The Morgan fingerprint density at radius 1 is 1.18 bits per heavy atom. The van der Waals surface area contributed by atoms with E-state index in [-0.39, 0.29) is 11.5 Å². The van der Waals surface area contributed by atoms with Crippen LogP contribution in [0.25, 0.3) is 0 Å². The third-order valence-corrected chi connectivity index (χ3v) is 4.26. The number of pyridine rings is 1. The molecular formula is C17H20N2O2S. The van der Waals surface area contributed by atoms with Crippen molar-refractivity contribution in [3.8, 4) is 0 Å². The minimum atomic E-state index is -0.0803. The molecule has 0 aliphatic carbocycles. The number of carbonyl (C=O) groups excluding carboxylic acids is 1. The number of aromatic nitrogens is 1. The second-order valence-electron chi connectivity index (χ2n) is 5.03. The van der Waals surface area contributed by atoms with Crippen LogP contribution >= 0.6 is 11.8 Å². The first-order valence-corrected chi connectivity index (χ1v) is 8.17. The number of nitrogens with zero attached hydrogens (tertiary/aromatic N) is 1. The van der Waals surface area contributed by atoms with Crippen molar-refractivity contribution in [2.24, 2.45) is 0 Å². The van der Waals surface area contributed by atoms with Crippen LogP contribution in [-0.2, 0) is 11.3 Å². The molecule has 0 fully saturated rings. The number of hydrogen-bond donors (Lipinski definition) is 1. The number of benzene rings is 1. The van der Waals surface area contributed by atoms with Crippen LogP contribution in [0.4, 0.5) is 0 Å². The van der Waals surface area contributed by atoms with E-state index in [0.29, 0.717) is 24.8 Å². The third-order valence-electron chi connectivity index (χ3n) is 3.15. The van der Waals surface area contributed by atoms with Gasteiger partial charge in [-0.15, -0.1) is 11.8 Å². The van der Waals surface area contributed by atoms with Crippen LogP contribution in [0.15, 0.2) is 64.4 Å². The van der Waals surface area contributed by atoms with Gasteiger partial charge in [-0.2, -0.15) is 0 Å². The van der Waals surface area contributed by atoms with Crippen LogP contribution in [0.2, 0.25) is 0 Å². The number of carbonyl (C=O) groups is 1. The fourth-order valence-electron chi connectivity index (χ4n) is 1.99. The first-order chi connectivity index (χ1) is 10.6. The Morgan fingerprint density at radius 2 is 1.91 bits per heavy atom. The average Bonchev–Trinajstić information content (AvgIpc) is 2.53. The van der Waals surface area contributed by atoms with Gasteiger partial charge in [-0.25, -0.2) is 0 Å². The van der Waals surface area contributed by atoms with Crippen LogP contribution < -0.4 is 10.9 Å². The largest absolute Gasteiger partial charge is 0.355 e. The molecule has 22 heavy (non-hydrogen) atoms. The topological polar surface area (TPSA) is 51.1 Å². The maximum Gasteiger partial charge on any atom is 0.250 e. The minimum absolute atomic E-state index is 0.0312. The van der Waals surface area contributed by atoms with Gasteiger partial charge < -0.3 is 9.88 Å². The number of nitrogens with one attached hydrogen (secondary N) is 1. The second kappa shape index (κ2) is 8.44. The second-order valence-corrected chi connectivity index (χ2v) is 6.54. The van der Waals surface area contributed by atoms with Crippen LogP contribution in [0.1, 0.15) is 13.3 Å². The molecule has 1 aromatic heterocycles. The molecule has 0 radical (unpaired) electrons. The first-order valence-electron chi connectivity index (χ1n) is 7.29. The van der Waals surface area contributed by atoms with E-state index in [4.69, 9.17) is 0 Å². The van der Waals surface area contributed by atoms with E-state index in [0.717, 1.165) is 0 Å². The summed E-state index contributed by atoms with van der Waals surface area (Å²) in [7, 11) is 0. The summed E-state index contributed by atoms with van der Waals surface area (Å²) < 4.78 is 1.54. The Bertz CT molecular complexity index is 655. The monoisotopic (exact) mass is 316 g/mol. The van der Waals surface area contributed by atoms with Gasteiger partial charge in [-0.05, 0) is 18.2 Å². The lowest BCUT2D eigenvalue weighted by molar-refractivity contribution is -0.121. The number of amides is 1. The highest BCUT2D eigenvalue weighted by Crippen LogP contribution is 2.21. The molecule has 0 spiro atoms. The molecule has 0 saturated heterocycles. The molecule has 5 heteroatoms. The van der Waals surface area contributed by atoms with E-state index >= 15 is 0 Å². The molecule has 0 aliphatic rings. The average molecular weight is 316 g/mol. The van der Waals surface area contributed by atoms with Crippen molar-refractivity contribution in [2.45, 2.75) is 30.0 Å². The van der Waals surface area contributed by atoms with E-state index in [1.165, 1.54) is 11.0 Å². The molecule has 1 aromatic carbocycles. The van der Waals surface area contributed by atoms with Gasteiger partial charge in [0.15, 0.2) is 0 Å². The van der Waals surface area contributed by atoms with Gasteiger partial charge in [0, 0.05) is 41.9 Å². The van der Waals surface area contributed by atoms with E-state index in [2.05, 4.69) is 24.4 Å². The van der Waals surface area contributed by atoms with E-state index in [1.807, 2.05) is 18.2 Å². The molecule has 1 heterocycles. The maximum absolute atomic E-state index is 11.8. The quantitative estimate of drug-likeness (QED) is 0.799. The molecular weight excluding hydrogens is 296 g/mol. The maximum atomic E-state index is 11.8. The standard InChI is InChI=1S/C17H20N2O2S/c1-14(22-15-7-3-2-4-8-15)13-18-16(20)10-12-19-11-6-5-9-17(19)21/h2-9,11,14H,10,12-13H2,1H3,(H,18,20)/t14-/m0/s1. The number of thioether (sulfide) groups is 1. The Hall–Kier alpha value is -2.01. The van der Waals surface area contributed by atoms with E-state index in [9.17, 15) is 9.59 Å². The van der Waals surface area contributed by atoms with Gasteiger partial charge in [0.2, 0.25) is 5.91 Å². The van der Waals surface area contributed by atoms with E-state index in [1.54, 1.807) is 34.7 Å². The first kappa shape index (κ1) is 16.4. The molecule has 116 valence electrons. The number of rotatable bonds is 7. The van der Waals surface area contributed by atoms with Crippen molar-refractivity contribution in [3.63, 3.8) is 0 Å². The highest BCUT2D eigenvalue weighted by molar-refractivity contribution is 8.00. The van der Waals surface area contributed by atoms with Gasteiger partial charge in [0.1, 0.15) is 0 Å². The SMILES string of the molecule is C[C@@H](CNC(=O)CCn1ccccc1=O)Sc1ccccc1. The predicted molar refractivity (Wildman–Crippen MR) is 90.1 cm³/mol. The highest BCUT2D eigenvalue weighted by Gasteiger charge is 2.07. The zero-order valence-corrected chi connectivity index (χ0v) is 13.4. The molecule has 4 nitrogen and oxygen atoms in total. The Morgan fingerprint density at radius 3 is 2.64 bits per heavy atom. The van der Waals surface area contributed by atoms with Crippen LogP contribution in [0.3, 0.4) is 0 Å². The van der Waals surface area contributed by atoms with Gasteiger partial charge >= 0.3 is 0 Å². The van der Waals surface area contributed by atoms with Crippen LogP contribution in [0.5, 0.6) is 0 Å². The molecule has 2 rings (SSSR count). The highest BCUT2D eigenvalue weighted by atomic mass is 32.2. The summed E-state index contributed by atoms with van der Waals surface area (Å²) in [6.07, 6.45) is 2.01. The Balaban J connectivity index is 1.71. The molecule has 1 atom stereocenters. The van der Waals surface area contributed by atoms with Crippen molar-refractivity contribution in [2.75, 3.05) is 6.54 Å². The number of aryl methyl sites for hydroxylation is 1. The lowest BCUT2D eigenvalue weighted by atomic mass is 10.3. The Kier molecular flexibility index (Phi) is 6.27. The smallest absolute Gasteiger partial charge is 0.250 e. The molecule has 1 N–H and O–H groups in total. The molecule has 0 unspecified atom stereocenters. The fourth-order valence-corrected chi connectivity index (χ4v) is 2.93. The number of hydrogen-bond acceptors (Lipinski definition) is 3. The third kappa shape index (κ3) is 5.41. The summed E-state index contributed by atoms with van der Waals surface area (Å²) >= 11 is 1.73. The van der Waals surface area contributed by atoms with Crippen molar-refractivity contribution in [1.82, 2.24) is 9.88 Å². The fraction of sp³-hybridized carbons (Fsp3) is 0.294. The molecule has 1 amide bonds. The summed E-state index contributed by atoms with van der Waals surface area (Å²) in [5.74, 6) is -0.0312. The normalized spacial score (nSPS) is 11.9. The van der Waals surface area contributed by atoms with E-state index < -0.39 is 0 Å². The summed E-state index contributed by atoms with van der Waals surface area (Å²) in [6.45, 7) is 3.10. The zero-order valence-electron chi connectivity index (χ0n) is 12.6. The van der Waals surface area contributed by atoms with Crippen molar-refractivity contribution in [3.05, 3.63) is 65.1 Å². The lowest BCUT2D eigenvalue weighted by Gasteiger charge is -2.12. The molecule has 0 saturated carbocycles. The van der Waals surface area contributed by atoms with Gasteiger partial charge in [0.25, 0.3) is 5.56 Å². The lowest BCUT2D eigenvalue weighted by Crippen LogP contribution is -2.31. The van der Waals surface area contributed by atoms with Crippen molar-refractivity contribution in [1.29, 1.82) is 0 Å². The van der Waals surface area contributed by atoms with Crippen molar-refractivity contribution >= 4 is 17.7 Å². The van der Waals surface area contributed by atoms with Crippen LogP contribution in [-0.4, -0.2) is 22.3 Å². The van der Waals surface area contributed by atoms with Gasteiger partial charge in [0.05, 0.1) is 0 Å². The van der Waals surface area contributed by atoms with Gasteiger partial charge in [-0.1, -0.05) is 31.2 Å². The summed E-state index contributed by atoms with van der Waals surface area (Å²) in [6, 6.07) is 15.1. The summed E-state index contributed by atoms with van der Waals surface area (Å²) in [4.78, 5) is 24.6. The minimum Gasteiger partial charge on any atom is -0.355 e.